The fourth-order valence-electron chi connectivity index (χ4n) is 2.64. The summed E-state index contributed by atoms with van der Waals surface area (Å²) >= 11 is 5.98. The minimum atomic E-state index is -0.322. The Hall–Kier alpha value is -1.88. The van der Waals surface area contributed by atoms with Crippen LogP contribution in [0.25, 0.3) is 11.0 Å². The summed E-state index contributed by atoms with van der Waals surface area (Å²) in [4.78, 5) is 4.32. The van der Waals surface area contributed by atoms with Gasteiger partial charge in [0.2, 0.25) is 0 Å². The van der Waals surface area contributed by atoms with Gasteiger partial charge in [0.1, 0.15) is 11.3 Å². The minimum Gasteiger partial charge on any atom is -0.322 e. The molecule has 0 aliphatic carbocycles. The smallest absolute Gasteiger partial charge is 0.151 e. The first kappa shape index (κ1) is 14.1. The maximum absolute atomic E-state index is 13.9. The number of benzene rings is 1. The summed E-state index contributed by atoms with van der Waals surface area (Å²) < 4.78 is 17.7. The summed E-state index contributed by atoms with van der Waals surface area (Å²) in [6, 6.07) is 4.97. The first-order chi connectivity index (χ1) is 10.0. The predicted octanol–water partition coefficient (Wildman–Crippen LogP) is 3.31. The molecule has 0 fully saturated rings. The molecule has 0 amide bonds. The van der Waals surface area contributed by atoms with Gasteiger partial charge in [0.15, 0.2) is 5.82 Å². The maximum Gasteiger partial charge on any atom is 0.151 e. The van der Waals surface area contributed by atoms with E-state index >= 15 is 0 Å². The SMILES string of the molecule is Cc1nn(C)c(C)c1Cn1c(CCl)nc2c(F)cccc21. The standard InChI is InChI=1S/C15H16ClFN4/c1-9-11(10(2)20(3)19-9)8-21-13-6-4-5-12(17)15(13)18-14(21)7-16/h4-6H,7-8H2,1-3H3. The van der Waals surface area contributed by atoms with Crippen molar-refractivity contribution >= 4 is 22.6 Å². The van der Waals surface area contributed by atoms with Gasteiger partial charge >= 0.3 is 0 Å². The van der Waals surface area contributed by atoms with Crippen LogP contribution in [0.15, 0.2) is 18.2 Å². The minimum absolute atomic E-state index is 0.243. The van der Waals surface area contributed by atoms with Crippen LogP contribution in [0.3, 0.4) is 0 Å². The lowest BCUT2D eigenvalue weighted by atomic mass is 10.2. The van der Waals surface area contributed by atoms with Crippen molar-refractivity contribution < 1.29 is 4.39 Å². The van der Waals surface area contributed by atoms with Gasteiger partial charge < -0.3 is 4.57 Å². The Morgan fingerprint density at radius 2 is 2.05 bits per heavy atom. The second-order valence-corrected chi connectivity index (χ2v) is 5.40. The van der Waals surface area contributed by atoms with Gasteiger partial charge in [-0.1, -0.05) is 6.07 Å². The van der Waals surface area contributed by atoms with Crippen molar-refractivity contribution in [3.05, 3.63) is 46.8 Å². The van der Waals surface area contributed by atoms with Crippen molar-refractivity contribution in [3.63, 3.8) is 0 Å². The van der Waals surface area contributed by atoms with Crippen LogP contribution in [0.2, 0.25) is 0 Å². The highest BCUT2D eigenvalue weighted by Crippen LogP contribution is 2.23. The first-order valence-corrected chi connectivity index (χ1v) is 7.25. The second kappa shape index (κ2) is 5.15. The monoisotopic (exact) mass is 306 g/mol. The Balaban J connectivity index is 2.18. The van der Waals surface area contributed by atoms with E-state index < -0.39 is 0 Å². The van der Waals surface area contributed by atoms with Gasteiger partial charge in [-0.2, -0.15) is 5.10 Å². The van der Waals surface area contributed by atoms with Gasteiger partial charge in [-0.25, -0.2) is 9.37 Å². The van der Waals surface area contributed by atoms with Gasteiger partial charge in [0, 0.05) is 18.3 Å². The molecule has 4 nitrogen and oxygen atoms in total. The molecule has 0 aliphatic rings. The van der Waals surface area contributed by atoms with E-state index in [9.17, 15) is 4.39 Å². The quantitative estimate of drug-likeness (QED) is 0.696. The number of rotatable bonds is 3. The number of alkyl halides is 1. The van der Waals surface area contributed by atoms with Crippen molar-refractivity contribution in [2.45, 2.75) is 26.3 Å². The van der Waals surface area contributed by atoms with Crippen LogP contribution in [0, 0.1) is 19.7 Å². The topological polar surface area (TPSA) is 35.6 Å². The number of hydrogen-bond acceptors (Lipinski definition) is 2. The van der Waals surface area contributed by atoms with Gasteiger partial charge in [0.25, 0.3) is 0 Å². The lowest BCUT2D eigenvalue weighted by Crippen LogP contribution is -2.06. The zero-order valence-corrected chi connectivity index (χ0v) is 12.9. The molecule has 0 unspecified atom stereocenters. The van der Waals surface area contributed by atoms with E-state index in [-0.39, 0.29) is 11.7 Å². The third kappa shape index (κ3) is 2.21. The molecular formula is C15H16ClFN4. The van der Waals surface area contributed by atoms with Crippen LogP contribution in [-0.2, 0) is 19.5 Å². The largest absolute Gasteiger partial charge is 0.322 e. The average molecular weight is 307 g/mol. The number of halogens is 2. The molecule has 3 aromatic rings. The summed E-state index contributed by atoms with van der Waals surface area (Å²) in [5, 5.41) is 4.42. The zero-order valence-electron chi connectivity index (χ0n) is 12.2. The molecule has 0 saturated heterocycles. The van der Waals surface area contributed by atoms with E-state index in [1.807, 2.05) is 36.2 Å². The molecule has 2 aromatic heterocycles. The molecule has 0 spiro atoms. The molecule has 0 bridgehead atoms. The van der Waals surface area contributed by atoms with E-state index in [1.165, 1.54) is 6.07 Å². The molecule has 0 N–H and O–H groups in total. The number of aromatic nitrogens is 4. The molecule has 0 atom stereocenters. The fourth-order valence-corrected chi connectivity index (χ4v) is 2.85. The number of para-hydroxylation sites is 1. The molecule has 2 heterocycles. The van der Waals surface area contributed by atoms with Gasteiger partial charge in [-0.15, -0.1) is 11.6 Å². The van der Waals surface area contributed by atoms with Crippen LogP contribution < -0.4 is 0 Å². The van der Waals surface area contributed by atoms with E-state index in [0.717, 1.165) is 22.5 Å². The third-order valence-corrected chi connectivity index (χ3v) is 4.14. The molecule has 21 heavy (non-hydrogen) atoms. The normalized spacial score (nSPS) is 11.5. The molecule has 0 saturated carbocycles. The van der Waals surface area contributed by atoms with Crippen molar-refractivity contribution in [1.29, 1.82) is 0 Å². The molecule has 110 valence electrons. The summed E-state index contributed by atoms with van der Waals surface area (Å²) in [7, 11) is 1.92. The van der Waals surface area contributed by atoms with E-state index in [0.29, 0.717) is 17.9 Å². The number of nitrogens with zero attached hydrogens (tertiary/aromatic N) is 4. The Labute approximate surface area is 127 Å². The highest BCUT2D eigenvalue weighted by Gasteiger charge is 2.16. The van der Waals surface area contributed by atoms with Gasteiger partial charge in [-0.05, 0) is 26.0 Å². The van der Waals surface area contributed by atoms with E-state index in [1.54, 1.807) is 6.07 Å². The van der Waals surface area contributed by atoms with Crippen molar-refractivity contribution in [1.82, 2.24) is 19.3 Å². The van der Waals surface area contributed by atoms with Crippen molar-refractivity contribution in [3.8, 4) is 0 Å². The average Bonchev–Trinajstić information content (AvgIpc) is 2.93. The Bertz CT molecular complexity index is 819. The van der Waals surface area contributed by atoms with Gasteiger partial charge in [-0.3, -0.25) is 4.68 Å². The third-order valence-electron chi connectivity index (χ3n) is 3.90. The summed E-state index contributed by atoms with van der Waals surface area (Å²) in [5.41, 5.74) is 4.30. The fraction of sp³-hybridized carbons (Fsp3) is 0.333. The predicted molar refractivity (Wildman–Crippen MR) is 81.0 cm³/mol. The number of fused-ring (bicyclic) bond motifs is 1. The van der Waals surface area contributed by atoms with Crippen LogP contribution in [0.1, 0.15) is 22.8 Å². The van der Waals surface area contributed by atoms with E-state index in [2.05, 4.69) is 10.1 Å². The zero-order chi connectivity index (χ0) is 15.1. The lowest BCUT2D eigenvalue weighted by molar-refractivity contribution is 0.637. The summed E-state index contributed by atoms with van der Waals surface area (Å²) in [6.45, 7) is 4.59. The van der Waals surface area contributed by atoms with Crippen LogP contribution in [0.5, 0.6) is 0 Å². The molecule has 6 heteroatoms. The summed E-state index contributed by atoms with van der Waals surface area (Å²) in [5.74, 6) is 0.587. The molecule has 0 radical (unpaired) electrons. The first-order valence-electron chi connectivity index (χ1n) is 6.71. The van der Waals surface area contributed by atoms with E-state index in [4.69, 9.17) is 11.6 Å². The number of imidazole rings is 1. The summed E-state index contributed by atoms with van der Waals surface area (Å²) in [6.07, 6.45) is 0. The molecular weight excluding hydrogens is 291 g/mol. The number of aryl methyl sites for hydroxylation is 2. The maximum atomic E-state index is 13.9. The van der Waals surface area contributed by atoms with Crippen LogP contribution in [0.4, 0.5) is 4.39 Å². The Morgan fingerprint density at radius 3 is 2.67 bits per heavy atom. The second-order valence-electron chi connectivity index (χ2n) is 5.13. The van der Waals surface area contributed by atoms with Crippen molar-refractivity contribution in [2.24, 2.45) is 7.05 Å². The molecule has 0 aliphatic heterocycles. The van der Waals surface area contributed by atoms with Crippen molar-refractivity contribution in [2.75, 3.05) is 0 Å². The Kier molecular flexibility index (Phi) is 3.45. The molecule has 1 aromatic carbocycles. The lowest BCUT2D eigenvalue weighted by Gasteiger charge is -2.08. The highest BCUT2D eigenvalue weighted by molar-refractivity contribution is 6.16. The van der Waals surface area contributed by atoms with Gasteiger partial charge in [0.05, 0.1) is 23.6 Å². The van der Waals surface area contributed by atoms with Crippen LogP contribution >= 0.6 is 11.6 Å². The number of hydrogen-bond donors (Lipinski definition) is 0. The van der Waals surface area contributed by atoms with Crippen LogP contribution in [-0.4, -0.2) is 19.3 Å². The Morgan fingerprint density at radius 1 is 1.29 bits per heavy atom. The molecule has 3 rings (SSSR count). The highest BCUT2D eigenvalue weighted by atomic mass is 35.5.